The van der Waals surface area contributed by atoms with Gasteiger partial charge in [-0.2, -0.15) is 0 Å². The summed E-state index contributed by atoms with van der Waals surface area (Å²) in [5, 5.41) is 10.9. The van der Waals surface area contributed by atoms with Crippen LogP contribution in [0.5, 0.6) is 5.75 Å². The molecular formula is C16H16Cl2O2. The van der Waals surface area contributed by atoms with Crippen LogP contribution >= 0.6 is 23.2 Å². The van der Waals surface area contributed by atoms with E-state index in [0.29, 0.717) is 22.4 Å². The highest BCUT2D eigenvalue weighted by molar-refractivity contribution is 6.35. The van der Waals surface area contributed by atoms with Crippen LogP contribution in [0.15, 0.2) is 36.4 Å². The van der Waals surface area contributed by atoms with Crippen molar-refractivity contribution in [3.63, 3.8) is 0 Å². The number of benzene rings is 2. The summed E-state index contributed by atoms with van der Waals surface area (Å²) in [5.74, 6) is 0.672. The molecule has 0 radical (unpaired) electrons. The van der Waals surface area contributed by atoms with Gasteiger partial charge in [0.2, 0.25) is 0 Å². The summed E-state index contributed by atoms with van der Waals surface area (Å²) in [6.45, 7) is 4.03. The monoisotopic (exact) mass is 310 g/mol. The van der Waals surface area contributed by atoms with Gasteiger partial charge in [-0.15, -0.1) is 0 Å². The zero-order chi connectivity index (χ0) is 14.7. The molecule has 0 aliphatic rings. The fraction of sp³-hybridized carbons (Fsp3) is 0.250. The Morgan fingerprint density at radius 1 is 1.15 bits per heavy atom. The Balaban J connectivity index is 2.20. The number of aryl methyl sites for hydroxylation is 1. The molecule has 0 aliphatic carbocycles. The first kappa shape index (κ1) is 15.2. The predicted octanol–water partition coefficient (Wildman–Crippen LogP) is 4.93. The molecule has 0 heterocycles. The van der Waals surface area contributed by atoms with Crippen LogP contribution in [-0.2, 0) is 6.61 Å². The van der Waals surface area contributed by atoms with E-state index in [1.165, 1.54) is 0 Å². The fourth-order valence-electron chi connectivity index (χ4n) is 1.91. The maximum atomic E-state index is 9.76. The first-order valence-corrected chi connectivity index (χ1v) is 7.08. The lowest BCUT2D eigenvalue weighted by atomic mass is 10.1. The van der Waals surface area contributed by atoms with Crippen LogP contribution in [0, 0.1) is 6.92 Å². The molecule has 2 rings (SSSR count). The van der Waals surface area contributed by atoms with E-state index >= 15 is 0 Å². The maximum Gasteiger partial charge on any atom is 0.125 e. The van der Waals surface area contributed by atoms with Crippen molar-refractivity contribution >= 4 is 23.2 Å². The topological polar surface area (TPSA) is 29.5 Å². The van der Waals surface area contributed by atoms with Gasteiger partial charge in [-0.3, -0.25) is 0 Å². The molecule has 1 N–H and O–H groups in total. The third-order valence-corrected chi connectivity index (χ3v) is 3.60. The lowest BCUT2D eigenvalue weighted by Crippen LogP contribution is -2.02. The number of ether oxygens (including phenoxy) is 1. The van der Waals surface area contributed by atoms with Crippen LogP contribution in [-0.4, -0.2) is 5.11 Å². The van der Waals surface area contributed by atoms with Crippen molar-refractivity contribution in [2.75, 3.05) is 0 Å². The van der Waals surface area contributed by atoms with Crippen molar-refractivity contribution in [3.8, 4) is 5.75 Å². The normalized spacial score (nSPS) is 12.2. The highest BCUT2D eigenvalue weighted by atomic mass is 35.5. The van der Waals surface area contributed by atoms with E-state index in [0.717, 1.165) is 16.7 Å². The van der Waals surface area contributed by atoms with E-state index in [1.54, 1.807) is 19.1 Å². The van der Waals surface area contributed by atoms with E-state index in [9.17, 15) is 5.11 Å². The first-order valence-electron chi connectivity index (χ1n) is 6.32. The third kappa shape index (κ3) is 3.66. The smallest absolute Gasteiger partial charge is 0.125 e. The zero-order valence-electron chi connectivity index (χ0n) is 11.4. The number of hydrogen-bond donors (Lipinski definition) is 1. The Bertz CT molecular complexity index is 609. The van der Waals surface area contributed by atoms with Crippen LogP contribution < -0.4 is 4.74 Å². The molecule has 0 fully saturated rings. The van der Waals surface area contributed by atoms with Gasteiger partial charge in [0, 0.05) is 21.2 Å². The van der Waals surface area contributed by atoms with Crippen LogP contribution in [0.4, 0.5) is 0 Å². The van der Waals surface area contributed by atoms with Crippen molar-refractivity contribution in [3.05, 3.63) is 63.1 Å². The number of rotatable bonds is 4. The average molecular weight is 311 g/mol. The standard InChI is InChI=1S/C16H16Cl2O2/c1-10-3-6-14(11(2)19)16(7-10)20-9-12-4-5-13(17)8-15(12)18/h3-8,11,19H,9H2,1-2H3/t11-/m1/s1. The molecule has 0 amide bonds. The van der Waals surface area contributed by atoms with E-state index in [4.69, 9.17) is 27.9 Å². The first-order chi connectivity index (χ1) is 9.47. The second-order valence-corrected chi connectivity index (χ2v) is 5.59. The quantitative estimate of drug-likeness (QED) is 0.867. The van der Waals surface area contributed by atoms with Gasteiger partial charge in [0.25, 0.3) is 0 Å². The Morgan fingerprint density at radius 2 is 1.90 bits per heavy atom. The molecule has 20 heavy (non-hydrogen) atoms. The third-order valence-electron chi connectivity index (χ3n) is 3.02. The second kappa shape index (κ2) is 6.49. The highest BCUT2D eigenvalue weighted by Crippen LogP contribution is 2.28. The molecule has 0 unspecified atom stereocenters. The number of aliphatic hydroxyl groups is 1. The van der Waals surface area contributed by atoms with Crippen LogP contribution in [0.1, 0.15) is 29.7 Å². The number of hydrogen-bond acceptors (Lipinski definition) is 2. The minimum absolute atomic E-state index is 0.333. The highest BCUT2D eigenvalue weighted by Gasteiger charge is 2.10. The molecule has 4 heteroatoms. The van der Waals surface area contributed by atoms with Gasteiger partial charge in [0.15, 0.2) is 0 Å². The molecule has 2 nitrogen and oxygen atoms in total. The van der Waals surface area contributed by atoms with Crippen LogP contribution in [0.3, 0.4) is 0 Å². The lowest BCUT2D eigenvalue weighted by Gasteiger charge is -2.15. The van der Waals surface area contributed by atoms with Crippen molar-refractivity contribution < 1.29 is 9.84 Å². The minimum Gasteiger partial charge on any atom is -0.488 e. The Kier molecular flexibility index (Phi) is 4.92. The van der Waals surface area contributed by atoms with Gasteiger partial charge >= 0.3 is 0 Å². The Morgan fingerprint density at radius 3 is 2.55 bits per heavy atom. The molecule has 0 aliphatic heterocycles. The van der Waals surface area contributed by atoms with Crippen molar-refractivity contribution in [2.45, 2.75) is 26.6 Å². The summed E-state index contributed by atoms with van der Waals surface area (Å²) in [6, 6.07) is 11.0. The molecular weight excluding hydrogens is 295 g/mol. The Labute approximate surface area is 128 Å². The van der Waals surface area contributed by atoms with Gasteiger partial charge in [0.1, 0.15) is 12.4 Å². The van der Waals surface area contributed by atoms with E-state index in [2.05, 4.69) is 0 Å². The minimum atomic E-state index is -0.578. The summed E-state index contributed by atoms with van der Waals surface area (Å²) in [5.41, 5.74) is 2.70. The summed E-state index contributed by atoms with van der Waals surface area (Å²) >= 11 is 12.0. The predicted molar refractivity (Wildman–Crippen MR) is 82.6 cm³/mol. The second-order valence-electron chi connectivity index (χ2n) is 4.74. The molecule has 0 bridgehead atoms. The van der Waals surface area contributed by atoms with Crippen LogP contribution in [0.25, 0.3) is 0 Å². The maximum absolute atomic E-state index is 9.76. The van der Waals surface area contributed by atoms with Crippen molar-refractivity contribution in [1.82, 2.24) is 0 Å². The van der Waals surface area contributed by atoms with Gasteiger partial charge in [-0.05, 0) is 37.6 Å². The van der Waals surface area contributed by atoms with E-state index < -0.39 is 6.10 Å². The lowest BCUT2D eigenvalue weighted by molar-refractivity contribution is 0.190. The molecule has 0 spiro atoms. The number of aliphatic hydroxyl groups excluding tert-OH is 1. The molecule has 0 saturated heterocycles. The summed E-state index contributed by atoms with van der Waals surface area (Å²) in [7, 11) is 0. The van der Waals surface area contributed by atoms with E-state index in [-0.39, 0.29) is 0 Å². The fourth-order valence-corrected chi connectivity index (χ4v) is 2.37. The largest absolute Gasteiger partial charge is 0.488 e. The van der Waals surface area contributed by atoms with Gasteiger partial charge < -0.3 is 9.84 Å². The molecule has 1 atom stereocenters. The van der Waals surface area contributed by atoms with Gasteiger partial charge in [-0.1, -0.05) is 41.4 Å². The molecule has 2 aromatic rings. The average Bonchev–Trinajstić information content (AvgIpc) is 2.37. The Hall–Kier alpha value is -1.22. The van der Waals surface area contributed by atoms with E-state index in [1.807, 2.05) is 31.2 Å². The van der Waals surface area contributed by atoms with Crippen molar-refractivity contribution in [2.24, 2.45) is 0 Å². The molecule has 0 saturated carbocycles. The zero-order valence-corrected chi connectivity index (χ0v) is 12.9. The molecule has 2 aromatic carbocycles. The molecule has 106 valence electrons. The van der Waals surface area contributed by atoms with Crippen LogP contribution in [0.2, 0.25) is 10.0 Å². The molecule has 0 aromatic heterocycles. The summed E-state index contributed by atoms with van der Waals surface area (Å²) < 4.78 is 5.80. The summed E-state index contributed by atoms with van der Waals surface area (Å²) in [6.07, 6.45) is -0.578. The summed E-state index contributed by atoms with van der Waals surface area (Å²) in [4.78, 5) is 0. The van der Waals surface area contributed by atoms with Crippen molar-refractivity contribution in [1.29, 1.82) is 0 Å². The number of halogens is 2. The van der Waals surface area contributed by atoms with Gasteiger partial charge in [-0.25, -0.2) is 0 Å². The SMILES string of the molecule is Cc1ccc([C@@H](C)O)c(OCc2ccc(Cl)cc2Cl)c1. The van der Waals surface area contributed by atoms with Gasteiger partial charge in [0.05, 0.1) is 6.10 Å².